The summed E-state index contributed by atoms with van der Waals surface area (Å²) in [5.41, 5.74) is 0.0593. The van der Waals surface area contributed by atoms with Crippen molar-refractivity contribution in [1.82, 2.24) is 14.8 Å². The van der Waals surface area contributed by atoms with E-state index in [0.29, 0.717) is 18.3 Å². The van der Waals surface area contributed by atoms with Crippen LogP contribution in [-0.4, -0.2) is 31.9 Å². The molecule has 1 N–H and O–H groups in total. The number of amides is 1. The van der Waals surface area contributed by atoms with Crippen molar-refractivity contribution in [3.05, 3.63) is 40.7 Å². The molecule has 2 aromatic rings. The van der Waals surface area contributed by atoms with Crippen molar-refractivity contribution in [2.24, 2.45) is 17.3 Å². The summed E-state index contributed by atoms with van der Waals surface area (Å²) in [4.78, 5) is 29.0. The molecule has 0 spiro atoms. The van der Waals surface area contributed by atoms with Crippen molar-refractivity contribution in [1.29, 1.82) is 0 Å². The maximum atomic E-state index is 13.5. The molecule has 6 rings (SSSR count). The number of hydrogen-bond acceptors (Lipinski definition) is 6. The Hall–Kier alpha value is -2.42. The summed E-state index contributed by atoms with van der Waals surface area (Å²) in [6.45, 7) is 0. The molecule has 4 aliphatic carbocycles. The Kier molecular flexibility index (Phi) is 4.20. The SMILES string of the molecule is CSc1ccccc1NC(=O)C12CC3CC(C1)CC(n1cnc([N+](=O)[O-])n1)(C3)C2. The molecular formula is C20H23N5O3S. The van der Waals surface area contributed by atoms with Gasteiger partial charge in [-0.05, 0) is 73.7 Å². The van der Waals surface area contributed by atoms with Crippen molar-refractivity contribution >= 4 is 29.3 Å². The van der Waals surface area contributed by atoms with Gasteiger partial charge < -0.3 is 15.4 Å². The molecule has 0 radical (unpaired) electrons. The number of nitro groups is 1. The van der Waals surface area contributed by atoms with Gasteiger partial charge in [0.15, 0.2) is 0 Å². The first kappa shape index (κ1) is 18.6. The second kappa shape index (κ2) is 6.55. The maximum absolute atomic E-state index is 13.5. The van der Waals surface area contributed by atoms with Gasteiger partial charge in [0.2, 0.25) is 12.2 Å². The summed E-state index contributed by atoms with van der Waals surface area (Å²) in [5.74, 6) is 0.599. The van der Waals surface area contributed by atoms with E-state index in [1.807, 2.05) is 30.5 Å². The Morgan fingerprint density at radius 1 is 1.28 bits per heavy atom. The molecule has 152 valence electrons. The Bertz CT molecular complexity index is 976. The number of para-hydroxylation sites is 1. The van der Waals surface area contributed by atoms with Crippen LogP contribution in [0, 0.1) is 27.4 Å². The lowest BCUT2D eigenvalue weighted by Crippen LogP contribution is -2.60. The molecule has 0 aliphatic heterocycles. The van der Waals surface area contributed by atoms with Gasteiger partial charge in [0.1, 0.15) is 0 Å². The first-order chi connectivity index (χ1) is 13.9. The molecule has 8 nitrogen and oxygen atoms in total. The lowest BCUT2D eigenvalue weighted by molar-refractivity contribution is -0.394. The zero-order chi connectivity index (χ0) is 20.2. The molecule has 4 saturated carbocycles. The standard InChI is InChI=1S/C20H23N5O3S/c1-29-16-5-3-2-4-15(16)22-17(26)19-7-13-6-14(8-19)10-20(9-13,11-19)24-12-21-18(23-24)25(27)28/h2-5,12-14H,6-11H2,1H3,(H,22,26). The Morgan fingerprint density at radius 3 is 2.66 bits per heavy atom. The third-order valence-electron chi connectivity index (χ3n) is 7.00. The second-order valence-corrected chi connectivity index (χ2v) is 9.71. The zero-order valence-electron chi connectivity index (χ0n) is 16.2. The number of anilines is 1. The molecule has 2 unspecified atom stereocenters. The molecule has 29 heavy (non-hydrogen) atoms. The van der Waals surface area contributed by atoms with E-state index in [1.54, 1.807) is 16.4 Å². The number of nitrogens with one attached hydrogen (secondary N) is 1. The van der Waals surface area contributed by atoms with Crippen LogP contribution in [0.5, 0.6) is 0 Å². The predicted octanol–water partition coefficient (Wildman–Crippen LogP) is 3.84. The van der Waals surface area contributed by atoms with E-state index < -0.39 is 10.3 Å². The summed E-state index contributed by atoms with van der Waals surface area (Å²) < 4.78 is 1.69. The normalized spacial score (nSPS) is 32.3. The monoisotopic (exact) mass is 413 g/mol. The first-order valence-corrected chi connectivity index (χ1v) is 11.2. The van der Waals surface area contributed by atoms with Crippen molar-refractivity contribution < 1.29 is 9.72 Å². The highest BCUT2D eigenvalue weighted by atomic mass is 32.2. The number of benzene rings is 1. The highest BCUT2D eigenvalue weighted by Crippen LogP contribution is 2.64. The molecule has 2 atom stereocenters. The molecule has 1 aromatic carbocycles. The molecule has 4 bridgehead atoms. The van der Waals surface area contributed by atoms with Crippen LogP contribution in [0.2, 0.25) is 0 Å². The van der Waals surface area contributed by atoms with Gasteiger partial charge in [-0.3, -0.25) is 4.79 Å². The highest BCUT2D eigenvalue weighted by molar-refractivity contribution is 7.98. The topological polar surface area (TPSA) is 103 Å². The Labute approximate surface area is 172 Å². The van der Waals surface area contributed by atoms with Crippen molar-refractivity contribution in [2.45, 2.75) is 49.0 Å². The average molecular weight is 414 g/mol. The quantitative estimate of drug-likeness (QED) is 0.454. The minimum atomic E-state index is -0.557. The van der Waals surface area contributed by atoms with Crippen molar-refractivity contribution in [2.75, 3.05) is 11.6 Å². The third kappa shape index (κ3) is 2.94. The smallest absolute Gasteiger partial charge is 0.390 e. The van der Waals surface area contributed by atoms with Crippen LogP contribution in [0.4, 0.5) is 11.6 Å². The zero-order valence-corrected chi connectivity index (χ0v) is 17.0. The first-order valence-electron chi connectivity index (χ1n) is 9.94. The van der Waals surface area contributed by atoms with E-state index in [-0.39, 0.29) is 17.4 Å². The molecule has 9 heteroatoms. The number of thioether (sulfide) groups is 1. The minimum absolute atomic E-state index is 0.0760. The number of carbonyl (C=O) groups is 1. The lowest BCUT2D eigenvalue weighted by atomic mass is 9.46. The number of hydrogen-bond donors (Lipinski definition) is 1. The van der Waals surface area contributed by atoms with E-state index in [9.17, 15) is 14.9 Å². The molecular weight excluding hydrogens is 390 g/mol. The van der Waals surface area contributed by atoms with Gasteiger partial charge in [0, 0.05) is 9.99 Å². The summed E-state index contributed by atoms with van der Waals surface area (Å²) in [6, 6.07) is 7.86. The van der Waals surface area contributed by atoms with Gasteiger partial charge in [-0.15, -0.1) is 11.8 Å². The van der Waals surface area contributed by atoms with Gasteiger partial charge in [-0.2, -0.15) is 4.68 Å². The Morgan fingerprint density at radius 2 is 2.00 bits per heavy atom. The number of rotatable bonds is 5. The summed E-state index contributed by atoms with van der Waals surface area (Å²) in [5, 5.41) is 18.4. The number of aromatic nitrogens is 3. The summed E-state index contributed by atoms with van der Waals surface area (Å²) >= 11 is 1.62. The van der Waals surface area contributed by atoms with E-state index in [1.165, 1.54) is 6.33 Å². The van der Waals surface area contributed by atoms with Crippen LogP contribution >= 0.6 is 11.8 Å². The Balaban J connectivity index is 1.47. The fourth-order valence-corrected chi connectivity index (χ4v) is 6.87. The molecule has 0 saturated heterocycles. The fraction of sp³-hybridized carbons (Fsp3) is 0.550. The molecule has 1 aromatic heterocycles. The van der Waals surface area contributed by atoms with Crippen LogP contribution in [0.15, 0.2) is 35.5 Å². The van der Waals surface area contributed by atoms with Crippen LogP contribution in [0.1, 0.15) is 38.5 Å². The molecule has 1 amide bonds. The van der Waals surface area contributed by atoms with Crippen LogP contribution in [0.3, 0.4) is 0 Å². The lowest BCUT2D eigenvalue weighted by Gasteiger charge is -2.60. The van der Waals surface area contributed by atoms with E-state index in [2.05, 4.69) is 15.4 Å². The largest absolute Gasteiger partial charge is 0.490 e. The second-order valence-electron chi connectivity index (χ2n) is 8.87. The van der Waals surface area contributed by atoms with Crippen LogP contribution < -0.4 is 5.32 Å². The van der Waals surface area contributed by atoms with Gasteiger partial charge in [-0.1, -0.05) is 17.1 Å². The third-order valence-corrected chi connectivity index (χ3v) is 7.79. The van der Waals surface area contributed by atoms with E-state index >= 15 is 0 Å². The van der Waals surface area contributed by atoms with Gasteiger partial charge in [0.25, 0.3) is 0 Å². The molecule has 4 fully saturated rings. The van der Waals surface area contributed by atoms with Crippen molar-refractivity contribution in [3.8, 4) is 0 Å². The van der Waals surface area contributed by atoms with E-state index in [4.69, 9.17) is 0 Å². The predicted molar refractivity (Wildman–Crippen MR) is 109 cm³/mol. The van der Waals surface area contributed by atoms with E-state index in [0.717, 1.165) is 42.7 Å². The summed E-state index contributed by atoms with van der Waals surface area (Å²) in [7, 11) is 0. The minimum Gasteiger partial charge on any atom is -0.390 e. The molecule has 4 aliphatic rings. The highest BCUT2D eigenvalue weighted by Gasteiger charge is 2.62. The van der Waals surface area contributed by atoms with Gasteiger partial charge >= 0.3 is 5.95 Å². The van der Waals surface area contributed by atoms with Crippen LogP contribution in [0.25, 0.3) is 0 Å². The number of nitrogens with zero attached hydrogens (tertiary/aromatic N) is 4. The molecule has 1 heterocycles. The maximum Gasteiger partial charge on any atom is 0.490 e. The summed E-state index contributed by atoms with van der Waals surface area (Å²) in [6.07, 6.45) is 8.89. The van der Waals surface area contributed by atoms with Crippen molar-refractivity contribution in [3.63, 3.8) is 0 Å². The van der Waals surface area contributed by atoms with Crippen LogP contribution in [-0.2, 0) is 10.3 Å². The average Bonchev–Trinajstić information content (AvgIpc) is 3.19. The number of carbonyl (C=O) groups excluding carboxylic acids is 1. The fourth-order valence-electron chi connectivity index (χ4n) is 6.32. The van der Waals surface area contributed by atoms with Gasteiger partial charge in [0.05, 0.1) is 16.6 Å². The van der Waals surface area contributed by atoms with Gasteiger partial charge in [-0.25, -0.2) is 0 Å².